The summed E-state index contributed by atoms with van der Waals surface area (Å²) in [5.74, 6) is 1.88. The highest BCUT2D eigenvalue weighted by Gasteiger charge is 2.25. The van der Waals surface area contributed by atoms with E-state index in [1.54, 1.807) is 0 Å². The first-order chi connectivity index (χ1) is 15.6. The van der Waals surface area contributed by atoms with Gasteiger partial charge in [-0.3, -0.25) is 4.79 Å². The molecule has 2 fully saturated rings. The topological polar surface area (TPSA) is 55.8 Å². The molecular weight excluding hydrogens is 400 g/mol. The number of hydrogen-bond acceptors (Lipinski definition) is 6. The van der Waals surface area contributed by atoms with Crippen LogP contribution in [0.1, 0.15) is 16.1 Å². The van der Waals surface area contributed by atoms with Crippen molar-refractivity contribution >= 4 is 28.4 Å². The summed E-state index contributed by atoms with van der Waals surface area (Å²) in [5, 5.41) is 2.11. The maximum Gasteiger partial charge on any atom is 0.254 e. The molecule has 166 valence electrons. The van der Waals surface area contributed by atoms with Crippen molar-refractivity contribution < 1.29 is 4.79 Å². The molecule has 1 amide bonds. The summed E-state index contributed by atoms with van der Waals surface area (Å²) in [6.07, 6.45) is 0. The number of fused-ring (bicyclic) bond motifs is 1. The molecule has 7 nitrogen and oxygen atoms in total. The summed E-state index contributed by atoms with van der Waals surface area (Å²) in [5.41, 5.74) is 1.76. The monoisotopic (exact) mass is 430 g/mol. The van der Waals surface area contributed by atoms with Crippen molar-refractivity contribution in [2.75, 3.05) is 69.2 Å². The third kappa shape index (κ3) is 4.12. The normalized spacial score (nSPS) is 17.8. The van der Waals surface area contributed by atoms with Crippen LogP contribution in [0.15, 0.2) is 48.5 Å². The average molecular weight is 431 g/mol. The van der Waals surface area contributed by atoms with Gasteiger partial charge in [-0.1, -0.05) is 36.4 Å². The van der Waals surface area contributed by atoms with Crippen LogP contribution in [0.4, 0.5) is 11.8 Å². The number of nitrogens with zero attached hydrogens (tertiary/aromatic N) is 6. The molecule has 3 aromatic rings. The van der Waals surface area contributed by atoms with Crippen molar-refractivity contribution in [1.29, 1.82) is 0 Å². The van der Waals surface area contributed by atoms with Crippen molar-refractivity contribution in [2.45, 2.75) is 6.92 Å². The van der Waals surface area contributed by atoms with Crippen LogP contribution in [0.5, 0.6) is 0 Å². The van der Waals surface area contributed by atoms with E-state index in [1.807, 2.05) is 42.2 Å². The van der Waals surface area contributed by atoms with E-state index in [1.165, 1.54) is 0 Å². The number of likely N-dealkylation sites (N-methyl/N-ethyl adjacent to an activating group) is 1. The fourth-order valence-electron chi connectivity index (χ4n) is 4.57. The number of hydrogen-bond donors (Lipinski definition) is 0. The second-order valence-electron chi connectivity index (χ2n) is 8.76. The standard InChI is InChI=1S/C25H30N6O/c1-19-18-23(29-12-10-28(2)11-13-29)27-25(26-19)31-16-14-30(15-17-31)24(32)22-9-5-7-20-6-3-4-8-21(20)22/h3-9,18H,10-17H2,1-2H3. The van der Waals surface area contributed by atoms with E-state index in [9.17, 15) is 4.79 Å². The minimum atomic E-state index is 0.102. The Morgan fingerprint density at radius 2 is 1.50 bits per heavy atom. The summed E-state index contributed by atoms with van der Waals surface area (Å²) < 4.78 is 0. The molecule has 0 bridgehead atoms. The number of rotatable bonds is 3. The summed E-state index contributed by atoms with van der Waals surface area (Å²) >= 11 is 0. The van der Waals surface area contributed by atoms with Crippen molar-refractivity contribution in [3.63, 3.8) is 0 Å². The lowest BCUT2D eigenvalue weighted by atomic mass is 10.0. The molecule has 2 saturated heterocycles. The molecule has 32 heavy (non-hydrogen) atoms. The van der Waals surface area contributed by atoms with E-state index in [0.29, 0.717) is 13.1 Å². The Bertz CT molecular complexity index is 1110. The Labute approximate surface area is 189 Å². The van der Waals surface area contributed by atoms with Gasteiger partial charge >= 0.3 is 0 Å². The van der Waals surface area contributed by atoms with Gasteiger partial charge in [0.1, 0.15) is 5.82 Å². The van der Waals surface area contributed by atoms with Gasteiger partial charge < -0.3 is 19.6 Å². The first-order valence-corrected chi connectivity index (χ1v) is 11.4. The number of aryl methyl sites for hydroxylation is 1. The number of carbonyl (C=O) groups is 1. The molecule has 0 N–H and O–H groups in total. The lowest BCUT2D eigenvalue weighted by molar-refractivity contribution is 0.0748. The number of amides is 1. The van der Waals surface area contributed by atoms with Gasteiger partial charge in [-0.25, -0.2) is 4.98 Å². The van der Waals surface area contributed by atoms with E-state index in [4.69, 9.17) is 9.97 Å². The molecule has 2 aliphatic rings. The number of aromatic nitrogens is 2. The number of piperazine rings is 2. The number of benzene rings is 2. The zero-order chi connectivity index (χ0) is 22.1. The van der Waals surface area contributed by atoms with Gasteiger partial charge in [0.15, 0.2) is 0 Å². The maximum atomic E-state index is 13.3. The summed E-state index contributed by atoms with van der Waals surface area (Å²) in [7, 11) is 2.16. The highest BCUT2D eigenvalue weighted by atomic mass is 16.2. The fourth-order valence-corrected chi connectivity index (χ4v) is 4.57. The molecule has 2 aliphatic heterocycles. The van der Waals surface area contributed by atoms with Crippen LogP contribution in [0.3, 0.4) is 0 Å². The van der Waals surface area contributed by atoms with Crippen molar-refractivity contribution in [1.82, 2.24) is 19.8 Å². The van der Waals surface area contributed by atoms with Crippen molar-refractivity contribution in [3.8, 4) is 0 Å². The molecule has 0 spiro atoms. The highest BCUT2D eigenvalue weighted by Crippen LogP contribution is 2.23. The smallest absolute Gasteiger partial charge is 0.254 e. The van der Waals surface area contributed by atoms with Crippen LogP contribution in [0.25, 0.3) is 10.8 Å². The summed E-state index contributed by atoms with van der Waals surface area (Å²) in [6.45, 7) is 8.92. The van der Waals surface area contributed by atoms with Crippen LogP contribution in [0.2, 0.25) is 0 Å². The molecule has 1 aromatic heterocycles. The van der Waals surface area contributed by atoms with E-state index in [0.717, 1.165) is 73.1 Å². The van der Waals surface area contributed by atoms with Crippen molar-refractivity contribution in [2.24, 2.45) is 0 Å². The second-order valence-corrected chi connectivity index (χ2v) is 8.76. The fraction of sp³-hybridized carbons (Fsp3) is 0.400. The minimum Gasteiger partial charge on any atom is -0.354 e. The first kappa shape index (κ1) is 20.7. The minimum absolute atomic E-state index is 0.102. The van der Waals surface area contributed by atoms with Gasteiger partial charge in [-0.05, 0) is 30.8 Å². The first-order valence-electron chi connectivity index (χ1n) is 11.4. The van der Waals surface area contributed by atoms with Gasteiger partial charge in [0, 0.05) is 69.7 Å². The van der Waals surface area contributed by atoms with Crippen molar-refractivity contribution in [3.05, 3.63) is 59.8 Å². The lowest BCUT2D eigenvalue weighted by Crippen LogP contribution is -2.49. The van der Waals surface area contributed by atoms with E-state index >= 15 is 0 Å². The van der Waals surface area contributed by atoms with Crippen LogP contribution in [0, 0.1) is 6.92 Å². The lowest BCUT2D eigenvalue weighted by Gasteiger charge is -2.36. The molecule has 0 saturated carbocycles. The third-order valence-corrected chi connectivity index (χ3v) is 6.53. The molecule has 5 rings (SSSR count). The molecule has 2 aromatic carbocycles. The van der Waals surface area contributed by atoms with E-state index < -0.39 is 0 Å². The summed E-state index contributed by atoms with van der Waals surface area (Å²) in [6, 6.07) is 16.1. The van der Waals surface area contributed by atoms with Crippen LogP contribution < -0.4 is 9.80 Å². The quantitative estimate of drug-likeness (QED) is 0.637. The van der Waals surface area contributed by atoms with Gasteiger partial charge in [0.2, 0.25) is 5.95 Å². The van der Waals surface area contributed by atoms with Gasteiger partial charge in [0.05, 0.1) is 0 Å². The molecule has 0 radical (unpaired) electrons. The molecule has 3 heterocycles. The van der Waals surface area contributed by atoms with Crippen LogP contribution in [-0.4, -0.2) is 85.1 Å². The zero-order valence-corrected chi connectivity index (χ0v) is 18.9. The molecule has 0 aliphatic carbocycles. The number of anilines is 2. The summed E-state index contributed by atoms with van der Waals surface area (Å²) in [4.78, 5) is 31.7. The van der Waals surface area contributed by atoms with Gasteiger partial charge in [-0.15, -0.1) is 0 Å². The Balaban J connectivity index is 1.29. The Hall–Kier alpha value is -3.19. The van der Waals surface area contributed by atoms with E-state index in [-0.39, 0.29) is 5.91 Å². The Morgan fingerprint density at radius 1 is 0.812 bits per heavy atom. The van der Waals surface area contributed by atoms with Gasteiger partial charge in [-0.2, -0.15) is 4.98 Å². The van der Waals surface area contributed by atoms with Crippen LogP contribution in [-0.2, 0) is 0 Å². The molecule has 0 unspecified atom stereocenters. The highest BCUT2D eigenvalue weighted by molar-refractivity contribution is 6.07. The largest absolute Gasteiger partial charge is 0.354 e. The Kier molecular flexibility index (Phi) is 5.66. The Morgan fingerprint density at radius 3 is 2.28 bits per heavy atom. The van der Waals surface area contributed by atoms with Crippen LogP contribution >= 0.6 is 0 Å². The molecule has 0 atom stereocenters. The number of carbonyl (C=O) groups excluding carboxylic acids is 1. The van der Waals surface area contributed by atoms with Gasteiger partial charge in [0.25, 0.3) is 5.91 Å². The maximum absolute atomic E-state index is 13.3. The predicted molar refractivity (Wildman–Crippen MR) is 129 cm³/mol. The second kappa shape index (κ2) is 8.74. The zero-order valence-electron chi connectivity index (χ0n) is 18.9. The molecular formula is C25H30N6O. The van der Waals surface area contributed by atoms with E-state index in [2.05, 4.69) is 39.9 Å². The molecule has 7 heteroatoms. The predicted octanol–water partition coefficient (Wildman–Crippen LogP) is 2.65. The average Bonchev–Trinajstić information content (AvgIpc) is 2.83. The third-order valence-electron chi connectivity index (χ3n) is 6.53. The SMILES string of the molecule is Cc1cc(N2CCN(C)CC2)nc(N2CCN(C(=O)c3cccc4ccccc34)CC2)n1.